The number of likely N-dealkylation sites (N-methyl/N-ethyl adjacent to an activating group) is 1. The van der Waals surface area contributed by atoms with Gasteiger partial charge in [0.15, 0.2) is 0 Å². The van der Waals surface area contributed by atoms with Crippen molar-refractivity contribution in [3.63, 3.8) is 0 Å². The van der Waals surface area contributed by atoms with Crippen LogP contribution in [0.15, 0.2) is 0 Å². The van der Waals surface area contributed by atoms with Crippen LogP contribution in [0.5, 0.6) is 0 Å². The monoisotopic (exact) mass is 133 g/mol. The van der Waals surface area contributed by atoms with Crippen LogP contribution in [0, 0.1) is 0 Å². The second-order valence-corrected chi connectivity index (χ2v) is 1.57. The number of carbonyl (C=O) groups excluding carboxylic acids is 2. The van der Waals surface area contributed by atoms with Crippen molar-refractivity contribution in [3.05, 3.63) is 0 Å². The van der Waals surface area contributed by atoms with Gasteiger partial charge in [0.25, 0.3) is 11.0 Å². The molecule has 0 unspecified atom stereocenters. The number of nitrogens with one attached hydrogen (secondary N) is 1. The van der Waals surface area contributed by atoms with Crippen molar-refractivity contribution in [1.29, 1.82) is 0 Å². The van der Waals surface area contributed by atoms with E-state index < -0.39 is 11.0 Å². The van der Waals surface area contributed by atoms with Crippen LogP contribution in [0.2, 0.25) is 0 Å². The highest BCUT2D eigenvalue weighted by Crippen LogP contribution is 1.75. The largest absolute Gasteiger partial charge is 0.349 e. The molecule has 0 aromatic carbocycles. The molecule has 1 N–H and O–H groups in total. The average molecular weight is 133 g/mol. The van der Waals surface area contributed by atoms with E-state index in [-0.39, 0.29) is 0 Å². The van der Waals surface area contributed by atoms with Crippen molar-refractivity contribution in [1.82, 2.24) is 5.32 Å². The normalized spacial score (nSPS) is 8.25. The number of thiol groups is 1. The molecule has 0 aromatic heterocycles. The summed E-state index contributed by atoms with van der Waals surface area (Å²) in [5.41, 5.74) is 0. The van der Waals surface area contributed by atoms with Gasteiger partial charge in [-0.05, 0) is 6.92 Å². The molecule has 0 spiro atoms. The Labute approximate surface area is 52.9 Å². The number of carbonyl (C=O) groups is 2. The maximum Gasteiger partial charge on any atom is 0.298 e. The summed E-state index contributed by atoms with van der Waals surface area (Å²) in [4.78, 5) is 20.2. The summed E-state index contributed by atoms with van der Waals surface area (Å²) in [5, 5.41) is 1.54. The summed E-state index contributed by atoms with van der Waals surface area (Å²) in [5.74, 6) is -0.643. The van der Waals surface area contributed by atoms with Gasteiger partial charge >= 0.3 is 0 Å². The number of amides is 1. The van der Waals surface area contributed by atoms with Crippen molar-refractivity contribution in [3.8, 4) is 0 Å². The van der Waals surface area contributed by atoms with Crippen LogP contribution < -0.4 is 5.32 Å². The summed E-state index contributed by atoms with van der Waals surface area (Å²) in [6.45, 7) is 2.19. The molecule has 3 nitrogen and oxygen atoms in total. The van der Waals surface area contributed by atoms with Gasteiger partial charge in [-0.1, -0.05) is 12.6 Å². The SMILES string of the molecule is CCNC(=O)C(=O)S. The van der Waals surface area contributed by atoms with E-state index in [4.69, 9.17) is 0 Å². The van der Waals surface area contributed by atoms with Crippen molar-refractivity contribution >= 4 is 23.7 Å². The van der Waals surface area contributed by atoms with Gasteiger partial charge in [0.1, 0.15) is 0 Å². The zero-order chi connectivity index (χ0) is 6.57. The fourth-order valence-electron chi connectivity index (χ4n) is 0.236. The number of rotatable bonds is 2. The Morgan fingerprint density at radius 2 is 2.12 bits per heavy atom. The highest BCUT2D eigenvalue weighted by atomic mass is 32.1. The molecule has 0 radical (unpaired) electrons. The molecule has 0 aliphatic carbocycles. The van der Waals surface area contributed by atoms with Crippen molar-refractivity contribution in [2.24, 2.45) is 0 Å². The zero-order valence-corrected chi connectivity index (χ0v) is 5.37. The van der Waals surface area contributed by atoms with Gasteiger partial charge in [0.2, 0.25) is 0 Å². The van der Waals surface area contributed by atoms with Gasteiger partial charge < -0.3 is 5.32 Å². The number of hydrogen-bond acceptors (Lipinski definition) is 2. The first-order chi connectivity index (χ1) is 3.68. The van der Waals surface area contributed by atoms with Crippen LogP contribution in [0.4, 0.5) is 0 Å². The molecule has 4 heteroatoms. The molecule has 0 saturated carbocycles. The standard InChI is InChI=1S/C4H7NO2S/c1-2-5-3(6)4(7)8/h2H2,1H3,(H,5,6)(H,7,8). The van der Waals surface area contributed by atoms with E-state index in [2.05, 4.69) is 17.9 Å². The van der Waals surface area contributed by atoms with E-state index in [1.165, 1.54) is 0 Å². The van der Waals surface area contributed by atoms with Crippen LogP contribution in [-0.2, 0) is 9.59 Å². The molecule has 1 amide bonds. The molecule has 0 aliphatic heterocycles. The molecule has 0 saturated heterocycles. The van der Waals surface area contributed by atoms with E-state index in [1.807, 2.05) is 0 Å². The number of hydrogen-bond donors (Lipinski definition) is 2. The minimum absolute atomic E-state index is 0.463. The first kappa shape index (κ1) is 7.49. The Morgan fingerprint density at radius 3 is 2.25 bits per heavy atom. The van der Waals surface area contributed by atoms with Gasteiger partial charge in [0.05, 0.1) is 0 Å². The lowest BCUT2D eigenvalue weighted by Gasteiger charge is -1.92. The Morgan fingerprint density at radius 1 is 1.62 bits per heavy atom. The Kier molecular flexibility index (Phi) is 3.26. The fourth-order valence-corrected chi connectivity index (χ4v) is 0.315. The second-order valence-electron chi connectivity index (χ2n) is 1.16. The summed E-state index contributed by atoms with van der Waals surface area (Å²) < 4.78 is 0. The molecular formula is C4H7NO2S. The second kappa shape index (κ2) is 3.49. The third-order valence-electron chi connectivity index (χ3n) is 0.532. The summed E-state index contributed by atoms with van der Waals surface area (Å²) in [6.07, 6.45) is 0. The van der Waals surface area contributed by atoms with Crippen molar-refractivity contribution < 1.29 is 9.59 Å². The molecule has 0 aliphatic rings. The fraction of sp³-hybridized carbons (Fsp3) is 0.500. The van der Waals surface area contributed by atoms with Gasteiger partial charge in [-0.15, -0.1) is 0 Å². The van der Waals surface area contributed by atoms with Crippen LogP contribution in [0.3, 0.4) is 0 Å². The van der Waals surface area contributed by atoms with Crippen LogP contribution in [0.1, 0.15) is 6.92 Å². The van der Waals surface area contributed by atoms with Gasteiger partial charge in [0, 0.05) is 6.54 Å². The van der Waals surface area contributed by atoms with E-state index in [1.54, 1.807) is 6.92 Å². The Balaban J connectivity index is 3.49. The van der Waals surface area contributed by atoms with Crippen LogP contribution in [0.25, 0.3) is 0 Å². The lowest BCUT2D eigenvalue weighted by atomic mass is 10.6. The quantitative estimate of drug-likeness (QED) is 0.397. The highest BCUT2D eigenvalue weighted by Gasteiger charge is 2.03. The maximum atomic E-state index is 10.2. The van der Waals surface area contributed by atoms with Crippen molar-refractivity contribution in [2.75, 3.05) is 6.54 Å². The van der Waals surface area contributed by atoms with E-state index in [9.17, 15) is 9.59 Å². The smallest absolute Gasteiger partial charge is 0.298 e. The molecular weight excluding hydrogens is 126 g/mol. The third-order valence-corrected chi connectivity index (χ3v) is 0.735. The first-order valence-electron chi connectivity index (χ1n) is 2.19. The molecule has 46 valence electrons. The molecule has 0 bridgehead atoms. The molecule has 0 aromatic rings. The molecule has 8 heavy (non-hydrogen) atoms. The van der Waals surface area contributed by atoms with Crippen LogP contribution in [-0.4, -0.2) is 17.6 Å². The average Bonchev–Trinajstić information content (AvgIpc) is 1.67. The summed E-state index contributed by atoms with van der Waals surface area (Å²) in [6, 6.07) is 0. The van der Waals surface area contributed by atoms with Gasteiger partial charge in [-0.25, -0.2) is 0 Å². The summed E-state index contributed by atoms with van der Waals surface area (Å²) in [7, 11) is 0. The van der Waals surface area contributed by atoms with E-state index in [0.717, 1.165) is 0 Å². The van der Waals surface area contributed by atoms with Gasteiger partial charge in [-0.2, -0.15) is 0 Å². The lowest BCUT2D eigenvalue weighted by Crippen LogP contribution is -2.27. The van der Waals surface area contributed by atoms with Crippen molar-refractivity contribution in [2.45, 2.75) is 6.92 Å². The predicted octanol–water partition coefficient (Wildman–Crippen LogP) is -0.421. The van der Waals surface area contributed by atoms with E-state index >= 15 is 0 Å². The minimum Gasteiger partial charge on any atom is -0.349 e. The molecule has 0 rings (SSSR count). The van der Waals surface area contributed by atoms with E-state index in [0.29, 0.717) is 6.54 Å². The maximum absolute atomic E-state index is 10.2. The highest BCUT2D eigenvalue weighted by molar-refractivity contribution is 7.98. The molecule has 0 fully saturated rings. The predicted molar refractivity (Wildman–Crippen MR) is 32.7 cm³/mol. The lowest BCUT2D eigenvalue weighted by molar-refractivity contribution is -0.132. The first-order valence-corrected chi connectivity index (χ1v) is 2.64. The van der Waals surface area contributed by atoms with Crippen LogP contribution >= 0.6 is 12.6 Å². The molecule has 0 atom stereocenters. The third kappa shape index (κ3) is 2.63. The van der Waals surface area contributed by atoms with Gasteiger partial charge in [-0.3, -0.25) is 9.59 Å². The zero-order valence-electron chi connectivity index (χ0n) is 4.47. The summed E-state index contributed by atoms with van der Waals surface area (Å²) >= 11 is 3.28. The minimum atomic E-state index is -0.744. The Bertz CT molecular complexity index is 113. The Hall–Kier alpha value is -0.510. The molecule has 0 heterocycles. The topological polar surface area (TPSA) is 46.2 Å².